The lowest BCUT2D eigenvalue weighted by molar-refractivity contribution is -0.117. The lowest BCUT2D eigenvalue weighted by atomic mass is 9.45. The van der Waals surface area contributed by atoms with E-state index < -0.39 is 0 Å². The summed E-state index contributed by atoms with van der Waals surface area (Å²) in [4.78, 5) is 12.0. The maximum Gasteiger partial charge on any atom is 0.156 e. The van der Waals surface area contributed by atoms with E-state index >= 15 is 0 Å². The zero-order valence-electron chi connectivity index (χ0n) is 15.6. The monoisotopic (exact) mass is 339 g/mol. The highest BCUT2D eigenvalue weighted by molar-refractivity contribution is 5.92. The minimum atomic E-state index is -0.231. The molecule has 6 atom stereocenters. The molecule has 3 saturated carbocycles. The van der Waals surface area contributed by atoms with Crippen LogP contribution in [0.15, 0.2) is 23.5 Å². The van der Waals surface area contributed by atoms with E-state index in [2.05, 4.69) is 26.8 Å². The second-order valence-electron chi connectivity index (χ2n) is 9.62. The first kappa shape index (κ1) is 16.9. The highest BCUT2D eigenvalue weighted by Crippen LogP contribution is 2.70. The van der Waals surface area contributed by atoms with Crippen molar-refractivity contribution in [2.75, 3.05) is 0 Å². The number of fused-ring (bicyclic) bond motifs is 5. The Hall–Kier alpha value is -1.56. The van der Waals surface area contributed by atoms with E-state index in [1.54, 1.807) is 0 Å². The largest absolute Gasteiger partial charge is 0.515 e. The van der Waals surface area contributed by atoms with Crippen molar-refractivity contribution >= 4 is 5.78 Å². The summed E-state index contributed by atoms with van der Waals surface area (Å²) >= 11 is 0. The maximum atomic E-state index is 12.0. The van der Waals surface area contributed by atoms with Crippen molar-refractivity contribution in [2.24, 2.45) is 34.0 Å². The second kappa shape index (κ2) is 5.22. The van der Waals surface area contributed by atoms with Gasteiger partial charge in [0.15, 0.2) is 5.78 Å². The fourth-order valence-electron chi connectivity index (χ4n) is 7.06. The Kier molecular flexibility index (Phi) is 3.53. The molecule has 0 bridgehead atoms. The van der Waals surface area contributed by atoms with Crippen molar-refractivity contribution in [2.45, 2.75) is 65.7 Å². The normalized spacial score (nSPS) is 50.5. The van der Waals surface area contributed by atoms with Crippen molar-refractivity contribution < 1.29 is 9.90 Å². The molecule has 3 heteroatoms. The zero-order valence-corrected chi connectivity index (χ0v) is 15.6. The summed E-state index contributed by atoms with van der Waals surface area (Å²) in [6, 6.07) is 2.65. The molecule has 4 aliphatic rings. The highest BCUT2D eigenvalue weighted by Gasteiger charge is 2.63. The lowest BCUT2D eigenvalue weighted by Gasteiger charge is -2.59. The Bertz CT molecular complexity index is 729. The molecule has 1 N–H and O–H groups in total. The van der Waals surface area contributed by atoms with Crippen LogP contribution in [-0.4, -0.2) is 10.9 Å². The first-order valence-electron chi connectivity index (χ1n) is 9.79. The predicted molar refractivity (Wildman–Crippen MR) is 96.5 cm³/mol. The molecule has 0 aliphatic heterocycles. The Morgan fingerprint density at radius 3 is 2.60 bits per heavy atom. The van der Waals surface area contributed by atoms with Crippen LogP contribution in [0.2, 0.25) is 0 Å². The molecule has 0 heterocycles. The number of allylic oxidation sites excluding steroid dienone is 2. The van der Waals surface area contributed by atoms with E-state index in [1.165, 1.54) is 6.26 Å². The van der Waals surface area contributed by atoms with Gasteiger partial charge in [-0.25, -0.2) is 0 Å². The fraction of sp³-hybridized carbons (Fsp3) is 0.727. The number of aliphatic hydroxyl groups is 1. The van der Waals surface area contributed by atoms with Crippen molar-refractivity contribution in [3.8, 4) is 6.07 Å². The van der Waals surface area contributed by atoms with Gasteiger partial charge >= 0.3 is 0 Å². The van der Waals surface area contributed by atoms with E-state index in [4.69, 9.17) is 0 Å². The smallest absolute Gasteiger partial charge is 0.156 e. The topological polar surface area (TPSA) is 61.1 Å². The molecule has 0 aromatic heterocycles. The number of carbonyl (C=O) groups is 1. The third-order valence-corrected chi connectivity index (χ3v) is 8.88. The van der Waals surface area contributed by atoms with E-state index in [0.717, 1.165) is 49.7 Å². The number of nitriles is 1. The molecule has 0 unspecified atom stereocenters. The fourth-order valence-corrected chi connectivity index (χ4v) is 7.06. The van der Waals surface area contributed by atoms with Gasteiger partial charge in [-0.2, -0.15) is 5.26 Å². The molecule has 0 radical (unpaired) electrons. The minimum Gasteiger partial charge on any atom is -0.515 e. The molecule has 25 heavy (non-hydrogen) atoms. The quantitative estimate of drug-likeness (QED) is 0.625. The molecule has 4 rings (SSSR count). The van der Waals surface area contributed by atoms with Crippen LogP contribution in [0.4, 0.5) is 0 Å². The van der Waals surface area contributed by atoms with Gasteiger partial charge in [0.05, 0.1) is 17.7 Å². The van der Waals surface area contributed by atoms with E-state index in [1.807, 2.05) is 6.08 Å². The summed E-state index contributed by atoms with van der Waals surface area (Å²) < 4.78 is 0. The standard InChI is InChI=1S/C22H29NO2/c1-20(13-23)7-5-18-16-10-14(12-24)19-11-15(25)4-8-21(19,2)17(16)6-9-22(18,20)3/h11-12,16-18,24H,4-10H2,1-3H3/b14-12+/t16-,17+,18+,20-,21-,22+/m1/s1. The summed E-state index contributed by atoms with van der Waals surface area (Å²) in [5.41, 5.74) is 1.90. The molecule has 0 amide bonds. The van der Waals surface area contributed by atoms with E-state index in [-0.39, 0.29) is 22.0 Å². The number of hydrogen-bond acceptors (Lipinski definition) is 3. The average Bonchev–Trinajstić information content (AvgIpc) is 2.87. The van der Waals surface area contributed by atoms with Crippen molar-refractivity contribution in [1.82, 2.24) is 0 Å². The van der Waals surface area contributed by atoms with E-state index in [0.29, 0.717) is 24.2 Å². The third-order valence-electron chi connectivity index (χ3n) is 8.88. The van der Waals surface area contributed by atoms with Crippen LogP contribution in [0.25, 0.3) is 0 Å². The van der Waals surface area contributed by atoms with Crippen LogP contribution < -0.4 is 0 Å². The van der Waals surface area contributed by atoms with Gasteiger partial charge in [0.2, 0.25) is 0 Å². The van der Waals surface area contributed by atoms with Gasteiger partial charge in [-0.15, -0.1) is 0 Å². The van der Waals surface area contributed by atoms with Gasteiger partial charge in [-0.1, -0.05) is 13.8 Å². The van der Waals surface area contributed by atoms with Crippen LogP contribution in [0.3, 0.4) is 0 Å². The number of rotatable bonds is 0. The van der Waals surface area contributed by atoms with Crippen LogP contribution in [0, 0.1) is 45.3 Å². The SMILES string of the molecule is C[C@]12CCC(=O)C=C1/C(=C/O)C[C@@H]1[C@@H]2CC[C@@]2(C)[C@H]1CC[C@]2(C)C#N. The molecule has 3 nitrogen and oxygen atoms in total. The first-order valence-corrected chi connectivity index (χ1v) is 9.79. The second-order valence-corrected chi connectivity index (χ2v) is 9.62. The third kappa shape index (κ3) is 2.00. The Morgan fingerprint density at radius 2 is 1.92 bits per heavy atom. The summed E-state index contributed by atoms with van der Waals surface area (Å²) in [7, 11) is 0. The molecule has 0 aromatic carbocycles. The molecule has 0 spiro atoms. The van der Waals surface area contributed by atoms with Gasteiger partial charge in [-0.3, -0.25) is 4.79 Å². The molecular weight excluding hydrogens is 310 g/mol. The maximum absolute atomic E-state index is 12.0. The molecule has 4 aliphatic carbocycles. The lowest BCUT2D eigenvalue weighted by Crippen LogP contribution is -2.52. The number of carbonyl (C=O) groups excluding carboxylic acids is 1. The summed E-state index contributed by atoms with van der Waals surface area (Å²) in [5.74, 6) is 1.82. The number of hydrogen-bond donors (Lipinski definition) is 1. The molecule has 0 saturated heterocycles. The zero-order chi connectivity index (χ0) is 18.0. The minimum absolute atomic E-state index is 0.00163. The van der Waals surface area contributed by atoms with Gasteiger partial charge < -0.3 is 5.11 Å². The Morgan fingerprint density at radius 1 is 1.20 bits per heavy atom. The predicted octanol–water partition coefficient (Wildman–Crippen LogP) is 5.10. The molecular formula is C22H29NO2. The highest BCUT2D eigenvalue weighted by atomic mass is 16.2. The number of aliphatic hydroxyl groups excluding tert-OH is 1. The van der Waals surface area contributed by atoms with Crippen molar-refractivity contribution in [3.05, 3.63) is 23.5 Å². The number of ketones is 1. The van der Waals surface area contributed by atoms with Crippen molar-refractivity contribution in [1.29, 1.82) is 5.26 Å². The van der Waals surface area contributed by atoms with Crippen molar-refractivity contribution in [3.63, 3.8) is 0 Å². The average molecular weight is 339 g/mol. The van der Waals surface area contributed by atoms with Gasteiger partial charge in [0, 0.05) is 6.42 Å². The summed E-state index contributed by atoms with van der Waals surface area (Å²) in [5, 5.41) is 19.8. The Labute approximate surface area is 150 Å². The van der Waals surface area contributed by atoms with Crippen LogP contribution in [0.5, 0.6) is 0 Å². The van der Waals surface area contributed by atoms with Gasteiger partial charge in [0.1, 0.15) is 0 Å². The Balaban J connectivity index is 1.78. The van der Waals surface area contributed by atoms with Crippen LogP contribution >= 0.6 is 0 Å². The molecule has 134 valence electrons. The first-order chi connectivity index (χ1) is 11.8. The summed E-state index contributed by atoms with van der Waals surface area (Å²) in [6.07, 6.45) is 9.80. The van der Waals surface area contributed by atoms with E-state index in [9.17, 15) is 15.2 Å². The van der Waals surface area contributed by atoms with Gasteiger partial charge in [0.25, 0.3) is 0 Å². The van der Waals surface area contributed by atoms with Gasteiger partial charge in [-0.05, 0) is 91.3 Å². The molecule has 0 aromatic rings. The summed E-state index contributed by atoms with van der Waals surface area (Å²) in [6.45, 7) is 6.81. The van der Waals surface area contributed by atoms with Crippen LogP contribution in [-0.2, 0) is 4.79 Å². The van der Waals surface area contributed by atoms with Crippen LogP contribution in [0.1, 0.15) is 65.7 Å². The number of nitrogens with zero attached hydrogens (tertiary/aromatic N) is 1. The molecule has 3 fully saturated rings.